The highest BCUT2D eigenvalue weighted by Crippen LogP contribution is 2.29. The van der Waals surface area contributed by atoms with Crippen molar-refractivity contribution in [1.82, 2.24) is 4.90 Å². The van der Waals surface area contributed by atoms with Crippen LogP contribution in [0.1, 0.15) is 12.8 Å². The molecule has 1 amide bonds. The molecule has 2 heterocycles. The molecule has 2 atom stereocenters. The maximum absolute atomic E-state index is 12.4. The molecule has 2 N–H and O–H groups in total. The lowest BCUT2D eigenvalue weighted by atomic mass is 10.2. The molecule has 2 aliphatic heterocycles. The molecule has 0 radical (unpaired) electrons. The van der Waals surface area contributed by atoms with Crippen molar-refractivity contribution >= 4 is 11.6 Å². The number of amides is 1. The molecule has 102 valence electrons. The predicted octanol–water partition coefficient (Wildman–Crippen LogP) is 0.843. The third-order valence-corrected chi connectivity index (χ3v) is 3.78. The first-order valence-electron chi connectivity index (χ1n) is 6.70. The minimum atomic E-state index is -0.498. The van der Waals surface area contributed by atoms with Gasteiger partial charge in [0.1, 0.15) is 5.75 Å². The number of carbonyl (C=O) groups is 1. The number of anilines is 1. The van der Waals surface area contributed by atoms with E-state index >= 15 is 0 Å². The Morgan fingerprint density at radius 1 is 1.47 bits per heavy atom. The van der Waals surface area contributed by atoms with Gasteiger partial charge < -0.3 is 20.1 Å². The number of aliphatic hydroxyl groups excluding tert-OH is 1. The molecule has 1 aromatic carbocycles. The molecule has 0 aromatic heterocycles. The largest absolute Gasteiger partial charge is 0.477 e. The molecule has 5 heteroatoms. The summed E-state index contributed by atoms with van der Waals surface area (Å²) in [7, 11) is 0. The van der Waals surface area contributed by atoms with E-state index in [0.717, 1.165) is 18.5 Å². The summed E-state index contributed by atoms with van der Waals surface area (Å²) in [6.45, 7) is 1.22. The molecule has 2 unspecified atom stereocenters. The molecule has 3 rings (SSSR count). The van der Waals surface area contributed by atoms with E-state index in [4.69, 9.17) is 4.74 Å². The average Bonchev–Trinajstić information content (AvgIpc) is 2.94. The third kappa shape index (κ3) is 2.26. The molecule has 0 saturated carbocycles. The number of fused-ring (bicyclic) bond motifs is 1. The predicted molar refractivity (Wildman–Crippen MR) is 71.2 cm³/mol. The molecular weight excluding hydrogens is 244 g/mol. The molecule has 19 heavy (non-hydrogen) atoms. The number of rotatable bonds is 2. The van der Waals surface area contributed by atoms with Crippen LogP contribution in [0, 0.1) is 0 Å². The number of likely N-dealkylation sites (tertiary alicyclic amines) is 1. The van der Waals surface area contributed by atoms with E-state index in [1.165, 1.54) is 0 Å². The maximum Gasteiger partial charge on any atom is 0.265 e. The molecule has 1 aromatic rings. The van der Waals surface area contributed by atoms with Gasteiger partial charge in [0.15, 0.2) is 6.10 Å². The fraction of sp³-hybridized carbons (Fsp3) is 0.500. The van der Waals surface area contributed by atoms with E-state index in [1.54, 1.807) is 4.90 Å². The van der Waals surface area contributed by atoms with Crippen LogP contribution in [0.15, 0.2) is 24.3 Å². The minimum Gasteiger partial charge on any atom is -0.477 e. The second kappa shape index (κ2) is 5.09. The lowest BCUT2D eigenvalue weighted by molar-refractivity contribution is -0.139. The summed E-state index contributed by atoms with van der Waals surface area (Å²) < 4.78 is 5.76. The zero-order valence-corrected chi connectivity index (χ0v) is 10.7. The highest BCUT2D eigenvalue weighted by molar-refractivity contribution is 5.83. The van der Waals surface area contributed by atoms with Crippen molar-refractivity contribution in [1.29, 1.82) is 0 Å². The van der Waals surface area contributed by atoms with Gasteiger partial charge in [0.2, 0.25) is 0 Å². The molecule has 5 nitrogen and oxygen atoms in total. The summed E-state index contributed by atoms with van der Waals surface area (Å²) in [5.74, 6) is 0.686. The summed E-state index contributed by atoms with van der Waals surface area (Å²) in [4.78, 5) is 14.2. The third-order valence-electron chi connectivity index (χ3n) is 3.78. The Morgan fingerprint density at radius 2 is 2.32 bits per heavy atom. The number of nitrogens with zero attached hydrogens (tertiary/aromatic N) is 1. The Morgan fingerprint density at radius 3 is 3.16 bits per heavy atom. The normalized spacial score (nSPS) is 25.4. The van der Waals surface area contributed by atoms with E-state index in [1.807, 2.05) is 24.3 Å². The molecule has 1 saturated heterocycles. The van der Waals surface area contributed by atoms with Gasteiger partial charge in [0.25, 0.3) is 5.91 Å². The van der Waals surface area contributed by atoms with E-state index in [2.05, 4.69) is 5.32 Å². The second-order valence-corrected chi connectivity index (χ2v) is 4.99. The smallest absolute Gasteiger partial charge is 0.265 e. The number of benzene rings is 1. The molecule has 2 aliphatic rings. The van der Waals surface area contributed by atoms with Crippen LogP contribution in [0.25, 0.3) is 0 Å². The summed E-state index contributed by atoms with van der Waals surface area (Å²) in [5, 5.41) is 12.5. The number of ether oxygens (including phenoxy) is 1. The highest BCUT2D eigenvalue weighted by atomic mass is 16.5. The SMILES string of the molecule is O=C(C1CNc2ccccc2O1)N1CCCC1CO. The van der Waals surface area contributed by atoms with Crippen LogP contribution in [0.2, 0.25) is 0 Å². The molecule has 1 fully saturated rings. The summed E-state index contributed by atoms with van der Waals surface area (Å²) in [5.41, 5.74) is 0.923. The van der Waals surface area contributed by atoms with Gasteiger partial charge in [-0.1, -0.05) is 12.1 Å². The Labute approximate surface area is 112 Å². The van der Waals surface area contributed by atoms with Crippen LogP contribution in [0.5, 0.6) is 5.75 Å². The zero-order chi connectivity index (χ0) is 13.2. The highest BCUT2D eigenvalue weighted by Gasteiger charge is 2.35. The minimum absolute atomic E-state index is 0.0291. The van der Waals surface area contributed by atoms with Gasteiger partial charge in [-0.3, -0.25) is 4.79 Å². The summed E-state index contributed by atoms with van der Waals surface area (Å²) >= 11 is 0. The van der Waals surface area contributed by atoms with Gasteiger partial charge in [0, 0.05) is 6.54 Å². The van der Waals surface area contributed by atoms with Crippen LogP contribution in [0.3, 0.4) is 0 Å². The van der Waals surface area contributed by atoms with Gasteiger partial charge in [-0.05, 0) is 25.0 Å². The van der Waals surface area contributed by atoms with Gasteiger partial charge in [0.05, 0.1) is 24.9 Å². The summed E-state index contributed by atoms with van der Waals surface area (Å²) in [6, 6.07) is 7.56. The van der Waals surface area contributed by atoms with Crippen molar-refractivity contribution in [3.63, 3.8) is 0 Å². The van der Waals surface area contributed by atoms with Crippen molar-refractivity contribution in [2.24, 2.45) is 0 Å². The first kappa shape index (κ1) is 12.3. The number of nitrogens with one attached hydrogen (secondary N) is 1. The van der Waals surface area contributed by atoms with Crippen LogP contribution in [-0.4, -0.2) is 47.8 Å². The molecule has 0 spiro atoms. The second-order valence-electron chi connectivity index (χ2n) is 4.99. The Kier molecular flexibility index (Phi) is 3.29. The van der Waals surface area contributed by atoms with Crippen LogP contribution < -0.4 is 10.1 Å². The first-order valence-corrected chi connectivity index (χ1v) is 6.70. The number of hydrogen-bond donors (Lipinski definition) is 2. The average molecular weight is 262 g/mol. The van der Waals surface area contributed by atoms with Gasteiger partial charge in [-0.25, -0.2) is 0 Å². The van der Waals surface area contributed by atoms with Crippen LogP contribution in [-0.2, 0) is 4.79 Å². The maximum atomic E-state index is 12.4. The fourth-order valence-electron chi connectivity index (χ4n) is 2.75. The van der Waals surface area contributed by atoms with E-state index in [9.17, 15) is 9.90 Å². The topological polar surface area (TPSA) is 61.8 Å². The molecular formula is C14H18N2O3. The fourth-order valence-corrected chi connectivity index (χ4v) is 2.75. The Hall–Kier alpha value is -1.75. The van der Waals surface area contributed by atoms with Gasteiger partial charge in [-0.15, -0.1) is 0 Å². The van der Waals surface area contributed by atoms with Crippen LogP contribution >= 0.6 is 0 Å². The van der Waals surface area contributed by atoms with Crippen LogP contribution in [0.4, 0.5) is 5.69 Å². The number of hydrogen-bond acceptors (Lipinski definition) is 4. The van der Waals surface area contributed by atoms with E-state index < -0.39 is 6.10 Å². The number of aliphatic hydroxyl groups is 1. The number of carbonyl (C=O) groups excluding carboxylic acids is 1. The molecule has 0 bridgehead atoms. The van der Waals surface area contributed by atoms with Crippen molar-refractivity contribution in [3.05, 3.63) is 24.3 Å². The Bertz CT molecular complexity index is 478. The van der Waals surface area contributed by atoms with E-state index in [0.29, 0.717) is 18.8 Å². The van der Waals surface area contributed by atoms with Crippen molar-refractivity contribution < 1.29 is 14.6 Å². The molecule has 0 aliphatic carbocycles. The summed E-state index contributed by atoms with van der Waals surface area (Å²) in [6.07, 6.45) is 1.33. The lowest BCUT2D eigenvalue weighted by Gasteiger charge is -2.31. The van der Waals surface area contributed by atoms with Crippen molar-refractivity contribution in [2.45, 2.75) is 25.0 Å². The quantitative estimate of drug-likeness (QED) is 0.829. The van der Waals surface area contributed by atoms with E-state index in [-0.39, 0.29) is 18.6 Å². The lowest BCUT2D eigenvalue weighted by Crippen LogP contribution is -2.49. The van der Waals surface area contributed by atoms with Gasteiger partial charge >= 0.3 is 0 Å². The van der Waals surface area contributed by atoms with Crippen molar-refractivity contribution in [3.8, 4) is 5.75 Å². The Balaban J connectivity index is 1.72. The van der Waals surface area contributed by atoms with Crippen molar-refractivity contribution in [2.75, 3.05) is 25.0 Å². The zero-order valence-electron chi connectivity index (χ0n) is 10.7. The number of para-hydroxylation sites is 2. The standard InChI is InChI=1S/C14H18N2O3/c17-9-10-4-3-7-16(10)14(18)13-8-15-11-5-1-2-6-12(11)19-13/h1-2,5-6,10,13,15,17H,3-4,7-9H2. The monoisotopic (exact) mass is 262 g/mol. The first-order chi connectivity index (χ1) is 9.29. The van der Waals surface area contributed by atoms with Gasteiger partial charge in [-0.2, -0.15) is 0 Å².